The van der Waals surface area contributed by atoms with Crippen molar-refractivity contribution in [2.75, 3.05) is 7.11 Å². The number of oxazole rings is 1. The number of aromatic nitrogens is 1. The summed E-state index contributed by atoms with van der Waals surface area (Å²) in [6.07, 6.45) is 3.62. The van der Waals surface area contributed by atoms with E-state index in [2.05, 4.69) is 4.98 Å². The lowest BCUT2D eigenvalue weighted by Gasteiger charge is -2.39. The highest BCUT2D eigenvalue weighted by molar-refractivity contribution is 5.86. The highest BCUT2D eigenvalue weighted by Crippen LogP contribution is 2.38. The standard InChI is InChI=1S/C14H21NO4/c1-13(2,3)11-10(12(16)17)19-9(15-11)8-14(18-4)6-5-7-14/h5-8H2,1-4H3,(H,16,17). The van der Waals surface area contributed by atoms with Crippen LogP contribution < -0.4 is 0 Å². The summed E-state index contributed by atoms with van der Waals surface area (Å²) in [5, 5.41) is 9.20. The van der Waals surface area contributed by atoms with Crippen molar-refractivity contribution >= 4 is 5.97 Å². The van der Waals surface area contributed by atoms with Crippen LogP contribution in [0.1, 0.15) is 62.2 Å². The molecule has 106 valence electrons. The summed E-state index contributed by atoms with van der Waals surface area (Å²) in [5.74, 6) is -0.652. The van der Waals surface area contributed by atoms with E-state index in [4.69, 9.17) is 9.15 Å². The van der Waals surface area contributed by atoms with Crippen LogP contribution in [0.2, 0.25) is 0 Å². The van der Waals surface area contributed by atoms with E-state index in [1.54, 1.807) is 7.11 Å². The van der Waals surface area contributed by atoms with Gasteiger partial charge in [0.25, 0.3) is 0 Å². The SMILES string of the molecule is COC1(Cc2nc(C(C)(C)C)c(C(=O)O)o2)CCC1. The van der Waals surface area contributed by atoms with Gasteiger partial charge < -0.3 is 14.3 Å². The average Bonchev–Trinajstić information content (AvgIpc) is 2.67. The van der Waals surface area contributed by atoms with Crippen molar-refractivity contribution in [3.63, 3.8) is 0 Å². The van der Waals surface area contributed by atoms with Crippen molar-refractivity contribution in [1.29, 1.82) is 0 Å². The van der Waals surface area contributed by atoms with Crippen LogP contribution in [0.5, 0.6) is 0 Å². The Bertz CT molecular complexity index is 475. The van der Waals surface area contributed by atoms with Gasteiger partial charge in [-0.3, -0.25) is 0 Å². The molecule has 1 N–H and O–H groups in total. The minimum absolute atomic E-state index is 0.0481. The normalized spacial score (nSPS) is 18.1. The number of aromatic carboxylic acids is 1. The molecule has 5 nitrogen and oxygen atoms in total. The Balaban J connectivity index is 2.30. The molecule has 0 spiro atoms. The molecule has 1 aliphatic carbocycles. The predicted molar refractivity (Wildman–Crippen MR) is 69.5 cm³/mol. The molecule has 19 heavy (non-hydrogen) atoms. The number of carbonyl (C=O) groups is 1. The summed E-state index contributed by atoms with van der Waals surface area (Å²) in [5.41, 5.74) is -0.0638. The zero-order valence-electron chi connectivity index (χ0n) is 11.9. The Kier molecular flexibility index (Phi) is 3.43. The predicted octanol–water partition coefficient (Wildman–Crippen LogP) is 2.78. The second-order valence-electron chi connectivity index (χ2n) is 6.26. The van der Waals surface area contributed by atoms with Crippen molar-refractivity contribution in [3.05, 3.63) is 17.3 Å². The molecule has 1 aromatic heterocycles. The largest absolute Gasteiger partial charge is 0.475 e. The third-order valence-electron chi connectivity index (χ3n) is 3.75. The van der Waals surface area contributed by atoms with Gasteiger partial charge in [0.15, 0.2) is 5.89 Å². The summed E-state index contributed by atoms with van der Waals surface area (Å²) >= 11 is 0. The molecule has 0 saturated heterocycles. The minimum atomic E-state index is -1.07. The van der Waals surface area contributed by atoms with E-state index in [1.165, 1.54) is 0 Å². The van der Waals surface area contributed by atoms with E-state index < -0.39 is 5.97 Å². The Hall–Kier alpha value is -1.36. The van der Waals surface area contributed by atoms with Gasteiger partial charge in [0, 0.05) is 12.5 Å². The number of ether oxygens (including phenoxy) is 1. The molecule has 0 atom stereocenters. The van der Waals surface area contributed by atoms with E-state index in [1.807, 2.05) is 20.8 Å². The maximum atomic E-state index is 11.2. The Morgan fingerprint density at radius 2 is 2.11 bits per heavy atom. The van der Waals surface area contributed by atoms with Crippen molar-refractivity contribution in [3.8, 4) is 0 Å². The molecular formula is C14H21NO4. The lowest BCUT2D eigenvalue weighted by molar-refractivity contribution is -0.0746. The number of hydrogen-bond donors (Lipinski definition) is 1. The van der Waals surface area contributed by atoms with E-state index in [0.29, 0.717) is 18.0 Å². The molecule has 5 heteroatoms. The van der Waals surface area contributed by atoms with Crippen LogP contribution in [-0.2, 0) is 16.6 Å². The van der Waals surface area contributed by atoms with Gasteiger partial charge in [-0.2, -0.15) is 0 Å². The van der Waals surface area contributed by atoms with E-state index >= 15 is 0 Å². The third-order valence-corrected chi connectivity index (χ3v) is 3.75. The second-order valence-corrected chi connectivity index (χ2v) is 6.26. The number of methoxy groups -OCH3 is 1. The van der Waals surface area contributed by atoms with Crippen LogP contribution in [0.4, 0.5) is 0 Å². The summed E-state index contributed by atoms with van der Waals surface area (Å²) in [7, 11) is 1.69. The lowest BCUT2D eigenvalue weighted by Crippen LogP contribution is -2.41. The molecule has 0 amide bonds. The van der Waals surface area contributed by atoms with Gasteiger partial charge in [-0.15, -0.1) is 0 Å². The van der Waals surface area contributed by atoms with E-state index in [0.717, 1.165) is 19.3 Å². The molecule has 1 fully saturated rings. The maximum Gasteiger partial charge on any atom is 0.373 e. The van der Waals surface area contributed by atoms with Gasteiger partial charge in [0.2, 0.25) is 5.76 Å². The van der Waals surface area contributed by atoms with Gasteiger partial charge in [-0.1, -0.05) is 20.8 Å². The highest BCUT2D eigenvalue weighted by atomic mass is 16.5. The van der Waals surface area contributed by atoms with Gasteiger partial charge >= 0.3 is 5.97 Å². The fraction of sp³-hybridized carbons (Fsp3) is 0.714. The van der Waals surface area contributed by atoms with Crippen LogP contribution in [0.3, 0.4) is 0 Å². The van der Waals surface area contributed by atoms with E-state index in [-0.39, 0.29) is 16.8 Å². The Morgan fingerprint density at radius 3 is 2.42 bits per heavy atom. The zero-order chi connectivity index (χ0) is 14.3. The molecule has 1 aliphatic rings. The number of hydrogen-bond acceptors (Lipinski definition) is 4. The molecule has 0 aromatic carbocycles. The molecule has 1 saturated carbocycles. The van der Waals surface area contributed by atoms with Crippen molar-refractivity contribution < 1.29 is 19.1 Å². The first-order valence-corrected chi connectivity index (χ1v) is 6.56. The topological polar surface area (TPSA) is 72.6 Å². The summed E-state index contributed by atoms with van der Waals surface area (Å²) < 4.78 is 11.0. The van der Waals surface area contributed by atoms with Crippen LogP contribution in [0, 0.1) is 0 Å². The Morgan fingerprint density at radius 1 is 1.47 bits per heavy atom. The first kappa shape index (κ1) is 14.1. The fourth-order valence-electron chi connectivity index (χ4n) is 2.39. The molecule has 2 rings (SSSR count). The van der Waals surface area contributed by atoms with Crippen LogP contribution in [0.25, 0.3) is 0 Å². The third kappa shape index (κ3) is 2.66. The van der Waals surface area contributed by atoms with Gasteiger partial charge in [0.1, 0.15) is 0 Å². The van der Waals surface area contributed by atoms with Crippen molar-refractivity contribution in [2.24, 2.45) is 0 Å². The molecule has 0 aliphatic heterocycles. The minimum Gasteiger partial charge on any atom is -0.475 e. The summed E-state index contributed by atoms with van der Waals surface area (Å²) in [6.45, 7) is 5.78. The van der Waals surface area contributed by atoms with Gasteiger partial charge in [-0.25, -0.2) is 9.78 Å². The average molecular weight is 267 g/mol. The number of carboxylic acids is 1. The quantitative estimate of drug-likeness (QED) is 0.908. The smallest absolute Gasteiger partial charge is 0.373 e. The number of nitrogens with zero attached hydrogens (tertiary/aromatic N) is 1. The molecule has 1 heterocycles. The highest BCUT2D eigenvalue weighted by Gasteiger charge is 2.40. The first-order chi connectivity index (χ1) is 8.77. The van der Waals surface area contributed by atoms with Crippen molar-refractivity contribution in [2.45, 2.75) is 57.5 Å². The van der Waals surface area contributed by atoms with Crippen LogP contribution in [-0.4, -0.2) is 28.8 Å². The molecule has 0 bridgehead atoms. The number of carboxylic acid groups (broad SMARTS) is 1. The molecule has 0 radical (unpaired) electrons. The monoisotopic (exact) mass is 267 g/mol. The second kappa shape index (κ2) is 4.63. The fourth-order valence-corrected chi connectivity index (χ4v) is 2.39. The van der Waals surface area contributed by atoms with Gasteiger partial charge in [-0.05, 0) is 19.3 Å². The molecule has 1 aromatic rings. The lowest BCUT2D eigenvalue weighted by atomic mass is 9.77. The summed E-state index contributed by atoms with van der Waals surface area (Å²) in [6, 6.07) is 0. The van der Waals surface area contributed by atoms with Crippen LogP contribution >= 0.6 is 0 Å². The Labute approximate surface area is 113 Å². The summed E-state index contributed by atoms with van der Waals surface area (Å²) in [4.78, 5) is 15.6. The number of rotatable bonds is 4. The first-order valence-electron chi connectivity index (χ1n) is 6.56. The van der Waals surface area contributed by atoms with Crippen molar-refractivity contribution in [1.82, 2.24) is 4.98 Å². The molecular weight excluding hydrogens is 246 g/mol. The molecule has 0 unspecified atom stereocenters. The van der Waals surface area contributed by atoms with E-state index in [9.17, 15) is 9.90 Å². The maximum absolute atomic E-state index is 11.2. The van der Waals surface area contributed by atoms with Gasteiger partial charge in [0.05, 0.1) is 17.7 Å². The van der Waals surface area contributed by atoms with Crippen LogP contribution in [0.15, 0.2) is 4.42 Å². The zero-order valence-corrected chi connectivity index (χ0v) is 11.9.